The van der Waals surface area contributed by atoms with Crippen LogP contribution in [-0.4, -0.2) is 35.6 Å². The molecule has 1 saturated heterocycles. The minimum Gasteiger partial charge on any atom is -0.480 e. The van der Waals surface area contributed by atoms with Crippen molar-refractivity contribution in [3.63, 3.8) is 0 Å². The molecule has 1 aromatic heterocycles. The number of piperidine rings is 1. The zero-order chi connectivity index (χ0) is 16.5. The van der Waals surface area contributed by atoms with Gasteiger partial charge in [-0.05, 0) is 37.3 Å². The van der Waals surface area contributed by atoms with E-state index in [-0.39, 0.29) is 11.6 Å². The van der Waals surface area contributed by atoms with E-state index in [9.17, 15) is 4.79 Å². The van der Waals surface area contributed by atoms with E-state index < -0.39 is 0 Å². The molecule has 6 heteroatoms. The molecule has 4 rings (SSSR count). The van der Waals surface area contributed by atoms with Gasteiger partial charge in [-0.3, -0.25) is 9.78 Å². The highest BCUT2D eigenvalue weighted by molar-refractivity contribution is 6.04. The van der Waals surface area contributed by atoms with Crippen LogP contribution < -0.4 is 15.0 Å². The van der Waals surface area contributed by atoms with Crippen LogP contribution >= 0.6 is 0 Å². The third-order valence-electron chi connectivity index (χ3n) is 4.93. The van der Waals surface area contributed by atoms with Gasteiger partial charge in [-0.2, -0.15) is 0 Å². The first-order chi connectivity index (χ1) is 11.7. The zero-order valence-electron chi connectivity index (χ0n) is 13.6. The summed E-state index contributed by atoms with van der Waals surface area (Å²) in [5.41, 5.74) is 2.15. The van der Waals surface area contributed by atoms with Gasteiger partial charge in [-0.15, -0.1) is 0 Å². The van der Waals surface area contributed by atoms with E-state index in [2.05, 4.69) is 26.3 Å². The van der Waals surface area contributed by atoms with Crippen molar-refractivity contribution in [2.75, 3.05) is 23.9 Å². The number of benzene rings is 1. The van der Waals surface area contributed by atoms with Gasteiger partial charge in [0.25, 0.3) is 5.91 Å². The Morgan fingerprint density at radius 3 is 2.92 bits per heavy atom. The van der Waals surface area contributed by atoms with E-state index in [0.717, 1.165) is 23.8 Å². The summed E-state index contributed by atoms with van der Waals surface area (Å²) in [6.45, 7) is 1.08. The van der Waals surface area contributed by atoms with Crippen LogP contribution in [0.1, 0.15) is 29.8 Å². The molecule has 124 valence electrons. The summed E-state index contributed by atoms with van der Waals surface area (Å²) in [6, 6.07) is 8.57. The van der Waals surface area contributed by atoms with Crippen molar-refractivity contribution in [1.29, 1.82) is 0 Å². The molecule has 2 heterocycles. The monoisotopic (exact) mass is 324 g/mol. The summed E-state index contributed by atoms with van der Waals surface area (Å²) in [5.74, 6) is 0.842. The molecule has 0 radical (unpaired) electrons. The van der Waals surface area contributed by atoms with Gasteiger partial charge in [0.15, 0.2) is 5.69 Å². The molecule has 24 heavy (non-hydrogen) atoms. The Kier molecular flexibility index (Phi) is 3.80. The summed E-state index contributed by atoms with van der Waals surface area (Å²) in [4.78, 5) is 23.1. The normalized spacial score (nSPS) is 21.8. The van der Waals surface area contributed by atoms with E-state index >= 15 is 0 Å². The van der Waals surface area contributed by atoms with E-state index in [1.165, 1.54) is 38.8 Å². The average molecular weight is 324 g/mol. The first kappa shape index (κ1) is 14.9. The van der Waals surface area contributed by atoms with Crippen molar-refractivity contribution in [3.05, 3.63) is 42.4 Å². The number of anilines is 2. The number of methoxy groups -OCH3 is 1. The number of hydrogen-bond acceptors (Lipinski definition) is 5. The lowest BCUT2D eigenvalue weighted by molar-refractivity contribution is 0.102. The van der Waals surface area contributed by atoms with Crippen LogP contribution in [0.3, 0.4) is 0 Å². The summed E-state index contributed by atoms with van der Waals surface area (Å²) in [5, 5.41) is 2.98. The second-order valence-electron chi connectivity index (χ2n) is 6.40. The molecule has 1 aliphatic heterocycles. The molecule has 2 unspecified atom stereocenters. The number of amides is 1. The van der Waals surface area contributed by atoms with Crippen molar-refractivity contribution < 1.29 is 9.53 Å². The predicted octanol–water partition coefficient (Wildman–Crippen LogP) is 2.73. The first-order valence-corrected chi connectivity index (χ1v) is 8.27. The Morgan fingerprint density at radius 2 is 2.17 bits per heavy atom. The zero-order valence-corrected chi connectivity index (χ0v) is 13.6. The van der Waals surface area contributed by atoms with Crippen molar-refractivity contribution in [2.45, 2.75) is 25.3 Å². The molecule has 2 aliphatic rings. The molecule has 1 N–H and O–H groups in total. The highest BCUT2D eigenvalue weighted by Gasteiger charge is 2.38. The van der Waals surface area contributed by atoms with E-state index in [1.54, 1.807) is 0 Å². The van der Waals surface area contributed by atoms with Crippen LogP contribution in [-0.2, 0) is 0 Å². The molecule has 2 atom stereocenters. The van der Waals surface area contributed by atoms with Gasteiger partial charge in [-0.25, -0.2) is 4.98 Å². The minimum absolute atomic E-state index is 0.243. The van der Waals surface area contributed by atoms with Crippen molar-refractivity contribution in [3.8, 4) is 5.88 Å². The number of carbonyl (C=O) groups is 1. The molecule has 2 fully saturated rings. The smallest absolute Gasteiger partial charge is 0.276 e. The largest absolute Gasteiger partial charge is 0.480 e. The summed E-state index contributed by atoms with van der Waals surface area (Å²) < 4.78 is 5.03. The van der Waals surface area contributed by atoms with Crippen molar-refractivity contribution >= 4 is 17.3 Å². The molecule has 0 spiro atoms. The van der Waals surface area contributed by atoms with Gasteiger partial charge in [0.1, 0.15) is 0 Å². The van der Waals surface area contributed by atoms with Gasteiger partial charge >= 0.3 is 0 Å². The summed E-state index contributed by atoms with van der Waals surface area (Å²) in [7, 11) is 1.50. The van der Waals surface area contributed by atoms with Crippen molar-refractivity contribution in [1.82, 2.24) is 9.97 Å². The highest BCUT2D eigenvalue weighted by Crippen LogP contribution is 2.42. The SMILES string of the molecule is COc1cncc(C(=O)Nc2ccccc2N2CC3CCC2C3)n1. The minimum atomic E-state index is -0.279. The number of para-hydroxylation sites is 2. The lowest BCUT2D eigenvalue weighted by Crippen LogP contribution is -2.32. The number of rotatable bonds is 4. The first-order valence-electron chi connectivity index (χ1n) is 8.27. The topological polar surface area (TPSA) is 67.3 Å². The number of nitrogens with one attached hydrogen (secondary N) is 1. The highest BCUT2D eigenvalue weighted by atomic mass is 16.5. The predicted molar refractivity (Wildman–Crippen MR) is 91.5 cm³/mol. The van der Waals surface area contributed by atoms with E-state index in [1.807, 2.05) is 18.2 Å². The molecule has 1 aliphatic carbocycles. The fourth-order valence-electron chi connectivity index (χ4n) is 3.79. The molecule has 1 amide bonds. The van der Waals surface area contributed by atoms with Crippen molar-refractivity contribution in [2.24, 2.45) is 5.92 Å². The quantitative estimate of drug-likeness (QED) is 0.936. The van der Waals surface area contributed by atoms with Crippen LogP contribution in [0.5, 0.6) is 5.88 Å². The number of carbonyl (C=O) groups excluding carboxylic acids is 1. The molecule has 1 aromatic carbocycles. The molecule has 2 bridgehead atoms. The van der Waals surface area contributed by atoms with Crippen LogP contribution in [0.4, 0.5) is 11.4 Å². The Balaban J connectivity index is 1.57. The number of nitrogens with zero attached hydrogens (tertiary/aromatic N) is 3. The third-order valence-corrected chi connectivity index (χ3v) is 4.93. The molecule has 2 aromatic rings. The van der Waals surface area contributed by atoms with Gasteiger partial charge in [0, 0.05) is 12.6 Å². The lowest BCUT2D eigenvalue weighted by atomic mass is 10.1. The average Bonchev–Trinajstić information content (AvgIpc) is 3.25. The summed E-state index contributed by atoms with van der Waals surface area (Å²) >= 11 is 0. The van der Waals surface area contributed by atoms with Gasteiger partial charge in [0.2, 0.25) is 5.88 Å². The van der Waals surface area contributed by atoms with Gasteiger partial charge < -0.3 is 15.0 Å². The van der Waals surface area contributed by atoms with Crippen LogP contribution in [0, 0.1) is 5.92 Å². The van der Waals surface area contributed by atoms with Crippen LogP contribution in [0.15, 0.2) is 36.7 Å². The number of aromatic nitrogens is 2. The molecule has 1 saturated carbocycles. The Bertz CT molecular complexity index is 764. The fraction of sp³-hybridized carbons (Fsp3) is 0.389. The van der Waals surface area contributed by atoms with E-state index in [0.29, 0.717) is 11.9 Å². The second kappa shape index (κ2) is 6.11. The molecule has 6 nitrogen and oxygen atoms in total. The van der Waals surface area contributed by atoms with Crippen LogP contribution in [0.2, 0.25) is 0 Å². The Labute approximate surface area is 140 Å². The van der Waals surface area contributed by atoms with Crippen LogP contribution in [0.25, 0.3) is 0 Å². The maximum atomic E-state index is 12.5. The Hall–Kier alpha value is -2.63. The molecular formula is C18H20N4O2. The number of ether oxygens (including phenoxy) is 1. The molecular weight excluding hydrogens is 304 g/mol. The maximum absolute atomic E-state index is 12.5. The number of fused-ring (bicyclic) bond motifs is 2. The maximum Gasteiger partial charge on any atom is 0.276 e. The van der Waals surface area contributed by atoms with Gasteiger partial charge in [-0.1, -0.05) is 12.1 Å². The lowest BCUT2D eigenvalue weighted by Gasteiger charge is -2.30. The third kappa shape index (κ3) is 2.68. The fourth-order valence-corrected chi connectivity index (χ4v) is 3.79. The Morgan fingerprint density at radius 1 is 1.29 bits per heavy atom. The van der Waals surface area contributed by atoms with Gasteiger partial charge in [0.05, 0.1) is 30.9 Å². The second-order valence-corrected chi connectivity index (χ2v) is 6.40. The summed E-state index contributed by atoms with van der Waals surface area (Å²) in [6.07, 6.45) is 6.76. The standard InChI is InChI=1S/C18H20N4O2/c1-24-17-10-19-9-15(20-17)18(23)21-14-4-2-3-5-16(14)22-11-12-6-7-13(22)8-12/h2-5,9-10,12-13H,6-8,11H2,1H3,(H,21,23). The van der Waals surface area contributed by atoms with E-state index in [4.69, 9.17) is 4.74 Å². The number of hydrogen-bond donors (Lipinski definition) is 1.